The fourth-order valence-electron chi connectivity index (χ4n) is 4.59. The molecule has 206 valence electrons. The third-order valence-corrected chi connectivity index (χ3v) is 10.8. The first kappa shape index (κ1) is 30.3. The van der Waals surface area contributed by atoms with Crippen LogP contribution >= 0.6 is 7.26 Å². The van der Waals surface area contributed by atoms with E-state index in [-0.39, 0.29) is 33.7 Å². The molecule has 1 saturated carbocycles. The number of halogens is 12. The van der Waals surface area contributed by atoms with Gasteiger partial charge in [-0.2, -0.15) is 43.9 Å². The Balaban J connectivity index is 0.00000400. The third kappa shape index (κ3) is 3.44. The Morgan fingerprint density at radius 3 is 1.16 bits per heavy atom. The molecular formula is C25H17BrF11P. The second-order valence-electron chi connectivity index (χ2n) is 8.72. The van der Waals surface area contributed by atoms with Gasteiger partial charge in [-0.15, -0.1) is 0 Å². The lowest BCUT2D eigenvalue weighted by molar-refractivity contribution is -0.489. The van der Waals surface area contributed by atoms with E-state index in [1.807, 2.05) is 0 Å². The monoisotopic (exact) mass is 636 g/mol. The van der Waals surface area contributed by atoms with E-state index >= 15 is 22.0 Å². The van der Waals surface area contributed by atoms with Crippen molar-refractivity contribution in [2.75, 3.05) is 6.66 Å². The van der Waals surface area contributed by atoms with Gasteiger partial charge in [-0.25, -0.2) is 4.39 Å². The van der Waals surface area contributed by atoms with Crippen molar-refractivity contribution in [3.05, 3.63) is 90.5 Å². The first-order chi connectivity index (χ1) is 16.9. The summed E-state index contributed by atoms with van der Waals surface area (Å²) in [6.45, 7) is 1.36. The van der Waals surface area contributed by atoms with Gasteiger partial charge in [-0.3, -0.25) is 0 Å². The Hall–Kier alpha value is -2.20. The SMILES string of the molecule is C[P+](c1ccccc1)(c1ccccc1)c1ccccc1C1(F)C(F)(F)C(F)(F)C(F)(F)C(F)(F)C1(F)F.[Br-]. The molecule has 0 bridgehead atoms. The molecule has 13 heteroatoms. The van der Waals surface area contributed by atoms with Crippen LogP contribution in [0, 0.1) is 0 Å². The molecule has 0 amide bonds. The van der Waals surface area contributed by atoms with Crippen LogP contribution in [0.25, 0.3) is 0 Å². The maximum atomic E-state index is 16.2. The summed E-state index contributed by atoms with van der Waals surface area (Å²) in [4.78, 5) is 0. The number of hydrogen-bond donors (Lipinski definition) is 0. The summed E-state index contributed by atoms with van der Waals surface area (Å²) in [5, 5.41) is -0.182. The van der Waals surface area contributed by atoms with E-state index in [1.165, 1.54) is 55.2 Å². The van der Waals surface area contributed by atoms with Crippen LogP contribution in [-0.4, -0.2) is 36.3 Å². The molecule has 4 rings (SSSR count). The van der Waals surface area contributed by atoms with Crippen molar-refractivity contribution < 1.29 is 65.3 Å². The minimum Gasteiger partial charge on any atom is -1.00 e. The highest BCUT2D eigenvalue weighted by Crippen LogP contribution is 2.73. The molecule has 0 spiro atoms. The summed E-state index contributed by atoms with van der Waals surface area (Å²) < 4.78 is 161. The molecule has 0 N–H and O–H groups in total. The van der Waals surface area contributed by atoms with Crippen LogP contribution in [0.1, 0.15) is 5.56 Å². The average molecular weight is 637 g/mol. The molecule has 3 aromatic carbocycles. The zero-order valence-electron chi connectivity index (χ0n) is 19.1. The van der Waals surface area contributed by atoms with Crippen molar-refractivity contribution >= 4 is 23.2 Å². The Morgan fingerprint density at radius 2 is 0.763 bits per heavy atom. The van der Waals surface area contributed by atoms with Crippen LogP contribution in [-0.2, 0) is 5.67 Å². The first-order valence-corrected chi connectivity index (χ1v) is 12.8. The second kappa shape index (κ2) is 9.18. The van der Waals surface area contributed by atoms with E-state index in [9.17, 15) is 26.3 Å². The first-order valence-electron chi connectivity index (χ1n) is 10.6. The second-order valence-corrected chi connectivity index (χ2v) is 12.3. The summed E-state index contributed by atoms with van der Waals surface area (Å²) in [7, 11) is -3.49. The van der Waals surface area contributed by atoms with E-state index in [1.54, 1.807) is 12.1 Å². The molecule has 0 atom stereocenters. The van der Waals surface area contributed by atoms with Gasteiger partial charge in [0.15, 0.2) is 0 Å². The molecular weight excluding hydrogens is 620 g/mol. The van der Waals surface area contributed by atoms with E-state index in [4.69, 9.17) is 0 Å². The lowest BCUT2D eigenvalue weighted by atomic mass is 9.69. The predicted octanol–water partition coefficient (Wildman–Crippen LogP) is 3.97. The topological polar surface area (TPSA) is 0 Å². The van der Waals surface area contributed by atoms with Crippen LogP contribution in [0.3, 0.4) is 0 Å². The van der Waals surface area contributed by atoms with Gasteiger partial charge in [0.05, 0.1) is 6.66 Å². The van der Waals surface area contributed by atoms with E-state index in [0.29, 0.717) is 6.07 Å². The van der Waals surface area contributed by atoms with Gasteiger partial charge in [0.2, 0.25) is 0 Å². The zero-order valence-corrected chi connectivity index (χ0v) is 21.5. The normalized spacial score (nSPS) is 22.2. The van der Waals surface area contributed by atoms with Crippen molar-refractivity contribution in [2.24, 2.45) is 0 Å². The van der Waals surface area contributed by atoms with E-state index in [0.717, 1.165) is 12.1 Å². The third-order valence-electron chi connectivity index (χ3n) is 6.74. The molecule has 1 aliphatic rings. The Bertz CT molecular complexity index is 1230. The molecule has 38 heavy (non-hydrogen) atoms. The fourth-order valence-corrected chi connectivity index (χ4v) is 8.08. The Morgan fingerprint density at radius 1 is 0.447 bits per heavy atom. The summed E-state index contributed by atoms with van der Waals surface area (Å²) in [6.07, 6.45) is 0. The van der Waals surface area contributed by atoms with E-state index in [2.05, 4.69) is 0 Å². The average Bonchev–Trinajstić information content (AvgIpc) is 2.87. The smallest absolute Gasteiger partial charge is 0.384 e. The highest BCUT2D eigenvalue weighted by atomic mass is 79.9. The minimum absolute atomic E-state index is 0. The van der Waals surface area contributed by atoms with Crippen molar-refractivity contribution in [1.82, 2.24) is 0 Å². The summed E-state index contributed by atoms with van der Waals surface area (Å²) in [6, 6.07) is 17.7. The zero-order chi connectivity index (χ0) is 27.7. The molecule has 1 aliphatic carbocycles. The van der Waals surface area contributed by atoms with Crippen LogP contribution in [0.2, 0.25) is 0 Å². The van der Waals surface area contributed by atoms with Gasteiger partial charge >= 0.3 is 29.6 Å². The van der Waals surface area contributed by atoms with Gasteiger partial charge in [0.25, 0.3) is 5.67 Å². The predicted molar refractivity (Wildman–Crippen MR) is 119 cm³/mol. The van der Waals surface area contributed by atoms with Gasteiger partial charge in [-0.05, 0) is 30.3 Å². The lowest BCUT2D eigenvalue weighted by Crippen LogP contribution is -3.00. The van der Waals surface area contributed by atoms with Crippen LogP contribution in [0.15, 0.2) is 84.9 Å². The van der Waals surface area contributed by atoms with E-state index < -0.39 is 53.4 Å². The van der Waals surface area contributed by atoms with Crippen molar-refractivity contribution in [1.29, 1.82) is 0 Å². The molecule has 0 aromatic heterocycles. The van der Waals surface area contributed by atoms with Crippen LogP contribution < -0.4 is 32.9 Å². The quantitative estimate of drug-likeness (QED) is 0.301. The summed E-state index contributed by atoms with van der Waals surface area (Å²) >= 11 is 0. The van der Waals surface area contributed by atoms with Crippen molar-refractivity contribution in [3.8, 4) is 0 Å². The number of hydrogen-bond acceptors (Lipinski definition) is 0. The molecule has 3 aromatic rings. The summed E-state index contributed by atoms with van der Waals surface area (Å²) in [5.41, 5.74) is -8.15. The Labute approximate surface area is 221 Å². The molecule has 0 radical (unpaired) electrons. The van der Waals surface area contributed by atoms with Crippen LogP contribution in [0.4, 0.5) is 48.3 Å². The molecule has 0 unspecified atom stereocenters. The van der Waals surface area contributed by atoms with Crippen molar-refractivity contribution in [2.45, 2.75) is 35.3 Å². The highest BCUT2D eigenvalue weighted by molar-refractivity contribution is 7.95. The lowest BCUT2D eigenvalue weighted by Gasteiger charge is -2.52. The molecule has 0 nitrogen and oxygen atoms in total. The molecule has 1 fully saturated rings. The number of benzene rings is 3. The largest absolute Gasteiger partial charge is 1.00 e. The molecule has 0 saturated heterocycles. The highest BCUT2D eigenvalue weighted by Gasteiger charge is 3.01. The molecule has 0 heterocycles. The van der Waals surface area contributed by atoms with Gasteiger partial charge < -0.3 is 17.0 Å². The maximum Gasteiger partial charge on any atom is 0.384 e. The fraction of sp³-hybridized carbons (Fsp3) is 0.280. The van der Waals surface area contributed by atoms with Gasteiger partial charge in [-0.1, -0.05) is 54.6 Å². The van der Waals surface area contributed by atoms with Gasteiger partial charge in [0.1, 0.15) is 23.2 Å². The Kier molecular flexibility index (Phi) is 7.33. The van der Waals surface area contributed by atoms with Crippen LogP contribution in [0.5, 0.6) is 0 Å². The summed E-state index contributed by atoms with van der Waals surface area (Å²) in [5.74, 6) is -35.5. The standard InChI is InChI=1S/C25H17F11P.BrH/c1-37(16-10-4-2-5-11-16,17-12-6-3-7-13-17)19-15-9-8-14-18(19)20(26)21(27,28)23(31,32)25(35,36)24(33,34)22(20,29)30;/h2-15H,1H3;1H/q+1;/p-1. The maximum absolute atomic E-state index is 16.2. The number of rotatable bonds is 4. The molecule has 0 aliphatic heterocycles. The minimum atomic E-state index is -7.27. The number of alkyl halides is 11. The van der Waals surface area contributed by atoms with Gasteiger partial charge in [0, 0.05) is 5.56 Å². The van der Waals surface area contributed by atoms with Crippen molar-refractivity contribution in [3.63, 3.8) is 0 Å².